The van der Waals surface area contributed by atoms with Gasteiger partial charge in [0.1, 0.15) is 0 Å². The highest BCUT2D eigenvalue weighted by atomic mass is 16.2. The Morgan fingerprint density at radius 1 is 1.30 bits per heavy atom. The van der Waals surface area contributed by atoms with Gasteiger partial charge in [0.2, 0.25) is 5.91 Å². The van der Waals surface area contributed by atoms with Crippen LogP contribution in [0, 0.1) is 5.92 Å². The maximum Gasteiger partial charge on any atom is 0.319 e. The molecule has 0 aliphatic heterocycles. The number of amides is 3. The van der Waals surface area contributed by atoms with Crippen LogP contribution < -0.4 is 10.6 Å². The minimum absolute atomic E-state index is 0.0163. The number of allylic oxidation sites excluding steroid dienone is 2. The fourth-order valence-corrected chi connectivity index (χ4v) is 2.59. The number of benzene rings is 1. The van der Waals surface area contributed by atoms with Crippen LogP contribution in [0.1, 0.15) is 31.7 Å². The molecule has 23 heavy (non-hydrogen) atoms. The number of carbonyl (C=O) groups is 2. The van der Waals surface area contributed by atoms with Crippen LogP contribution in [0.3, 0.4) is 0 Å². The van der Waals surface area contributed by atoms with Crippen LogP contribution in [-0.2, 0) is 11.3 Å². The maximum atomic E-state index is 12.0. The Bertz CT molecular complexity index is 583. The Hall–Kier alpha value is -2.30. The van der Waals surface area contributed by atoms with Crippen molar-refractivity contribution in [2.24, 2.45) is 5.92 Å². The Labute approximate surface area is 137 Å². The van der Waals surface area contributed by atoms with E-state index in [1.165, 1.54) is 6.92 Å². The van der Waals surface area contributed by atoms with E-state index in [1.807, 2.05) is 24.3 Å². The van der Waals surface area contributed by atoms with Crippen LogP contribution >= 0.6 is 0 Å². The summed E-state index contributed by atoms with van der Waals surface area (Å²) in [5.41, 5.74) is 1.72. The summed E-state index contributed by atoms with van der Waals surface area (Å²) < 4.78 is 0. The van der Waals surface area contributed by atoms with Crippen molar-refractivity contribution in [2.45, 2.75) is 32.7 Å². The second-order valence-corrected chi connectivity index (χ2v) is 6.06. The molecule has 2 rings (SSSR count). The van der Waals surface area contributed by atoms with E-state index in [0.29, 0.717) is 19.0 Å². The molecule has 124 valence electrons. The van der Waals surface area contributed by atoms with E-state index in [1.54, 1.807) is 11.9 Å². The molecular formula is C18H25N3O2. The van der Waals surface area contributed by atoms with Crippen molar-refractivity contribution >= 4 is 17.6 Å². The van der Waals surface area contributed by atoms with Gasteiger partial charge in [-0.3, -0.25) is 4.79 Å². The highest BCUT2D eigenvalue weighted by Gasteiger charge is 2.11. The summed E-state index contributed by atoms with van der Waals surface area (Å²) in [4.78, 5) is 24.9. The lowest BCUT2D eigenvalue weighted by Gasteiger charge is -2.18. The molecule has 0 spiro atoms. The number of urea groups is 1. The van der Waals surface area contributed by atoms with Crippen LogP contribution in [0.4, 0.5) is 10.5 Å². The molecule has 2 N–H and O–H groups in total. The largest absolute Gasteiger partial charge is 0.342 e. The number of carbonyl (C=O) groups excluding carboxylic acids is 2. The molecule has 0 heterocycles. The maximum absolute atomic E-state index is 12.0. The molecule has 0 saturated carbocycles. The van der Waals surface area contributed by atoms with Gasteiger partial charge in [-0.1, -0.05) is 24.3 Å². The normalized spacial score (nSPS) is 16.7. The van der Waals surface area contributed by atoms with Crippen LogP contribution in [-0.4, -0.2) is 30.4 Å². The van der Waals surface area contributed by atoms with E-state index < -0.39 is 0 Å². The predicted octanol–water partition coefficient (Wildman–Crippen LogP) is 3.14. The van der Waals surface area contributed by atoms with E-state index >= 15 is 0 Å². The van der Waals surface area contributed by atoms with Gasteiger partial charge in [-0.15, -0.1) is 0 Å². The molecular weight excluding hydrogens is 290 g/mol. The molecule has 3 amide bonds. The molecule has 1 aliphatic rings. The second kappa shape index (κ2) is 8.36. The van der Waals surface area contributed by atoms with Gasteiger partial charge in [0.15, 0.2) is 0 Å². The highest BCUT2D eigenvalue weighted by Crippen LogP contribution is 2.17. The Morgan fingerprint density at radius 3 is 2.83 bits per heavy atom. The third kappa shape index (κ3) is 5.77. The number of rotatable bonds is 5. The van der Waals surface area contributed by atoms with Gasteiger partial charge in [0.25, 0.3) is 0 Å². The zero-order chi connectivity index (χ0) is 16.7. The summed E-state index contributed by atoms with van der Waals surface area (Å²) in [6.07, 6.45) is 7.64. The van der Waals surface area contributed by atoms with Crippen molar-refractivity contribution in [1.82, 2.24) is 10.2 Å². The molecule has 0 fully saturated rings. The van der Waals surface area contributed by atoms with Gasteiger partial charge in [-0.05, 0) is 42.9 Å². The molecule has 1 aromatic rings. The van der Waals surface area contributed by atoms with Crippen LogP contribution in [0.15, 0.2) is 36.4 Å². The minimum Gasteiger partial charge on any atom is -0.342 e. The van der Waals surface area contributed by atoms with Gasteiger partial charge in [-0.2, -0.15) is 0 Å². The number of hydrogen-bond acceptors (Lipinski definition) is 2. The first-order valence-electron chi connectivity index (χ1n) is 8.05. The Kier molecular flexibility index (Phi) is 6.20. The van der Waals surface area contributed by atoms with Crippen molar-refractivity contribution in [3.8, 4) is 0 Å². The number of anilines is 1. The molecule has 0 bridgehead atoms. The van der Waals surface area contributed by atoms with Crippen molar-refractivity contribution in [3.05, 3.63) is 42.0 Å². The van der Waals surface area contributed by atoms with Gasteiger partial charge in [-0.25, -0.2) is 4.79 Å². The van der Waals surface area contributed by atoms with Crippen molar-refractivity contribution in [3.63, 3.8) is 0 Å². The standard InChI is InChI=1S/C18H25N3O2/c1-14(22)21(2)13-16-9-6-10-17(11-16)20-18(23)19-12-15-7-4-3-5-8-15/h3-4,6,9-11,15H,5,7-8,12-13H2,1-2H3,(H2,19,20,23)/t15-/m1/s1. The lowest BCUT2D eigenvalue weighted by molar-refractivity contribution is -0.128. The van der Waals surface area contributed by atoms with Gasteiger partial charge in [0.05, 0.1) is 0 Å². The van der Waals surface area contributed by atoms with Gasteiger partial charge in [0, 0.05) is 32.7 Å². The molecule has 0 saturated heterocycles. The third-order valence-electron chi connectivity index (χ3n) is 4.07. The first-order valence-corrected chi connectivity index (χ1v) is 8.05. The minimum atomic E-state index is -0.184. The van der Waals surface area contributed by atoms with Crippen LogP contribution in [0.2, 0.25) is 0 Å². The summed E-state index contributed by atoms with van der Waals surface area (Å²) in [6, 6.07) is 7.38. The van der Waals surface area contributed by atoms with Crippen molar-refractivity contribution in [2.75, 3.05) is 18.9 Å². The summed E-state index contributed by atoms with van der Waals surface area (Å²) in [5, 5.41) is 5.78. The summed E-state index contributed by atoms with van der Waals surface area (Å²) >= 11 is 0. The molecule has 0 aromatic heterocycles. The molecule has 1 aliphatic carbocycles. The zero-order valence-corrected chi connectivity index (χ0v) is 13.8. The quantitative estimate of drug-likeness (QED) is 0.820. The smallest absolute Gasteiger partial charge is 0.319 e. The van der Waals surface area contributed by atoms with E-state index in [0.717, 1.165) is 30.5 Å². The van der Waals surface area contributed by atoms with Crippen molar-refractivity contribution < 1.29 is 9.59 Å². The number of hydrogen-bond donors (Lipinski definition) is 2. The fraction of sp³-hybridized carbons (Fsp3) is 0.444. The van der Waals surface area contributed by atoms with Gasteiger partial charge >= 0.3 is 6.03 Å². The highest BCUT2D eigenvalue weighted by molar-refractivity contribution is 5.89. The Morgan fingerprint density at radius 2 is 2.13 bits per heavy atom. The predicted molar refractivity (Wildman–Crippen MR) is 92.1 cm³/mol. The molecule has 0 radical (unpaired) electrons. The fourth-order valence-electron chi connectivity index (χ4n) is 2.59. The number of nitrogens with zero attached hydrogens (tertiary/aromatic N) is 1. The monoisotopic (exact) mass is 315 g/mol. The van der Waals surface area contributed by atoms with Crippen molar-refractivity contribution in [1.29, 1.82) is 0 Å². The zero-order valence-electron chi connectivity index (χ0n) is 13.8. The van der Waals surface area contributed by atoms with E-state index in [2.05, 4.69) is 22.8 Å². The lowest BCUT2D eigenvalue weighted by Crippen LogP contribution is -2.33. The first-order chi connectivity index (χ1) is 11.0. The molecule has 1 aromatic carbocycles. The molecule has 1 atom stereocenters. The van der Waals surface area contributed by atoms with Crippen LogP contribution in [0.25, 0.3) is 0 Å². The summed E-state index contributed by atoms with van der Waals surface area (Å²) in [7, 11) is 1.76. The summed E-state index contributed by atoms with van der Waals surface area (Å²) in [5.74, 6) is 0.545. The molecule has 5 nitrogen and oxygen atoms in total. The average Bonchev–Trinajstić information content (AvgIpc) is 2.54. The van der Waals surface area contributed by atoms with E-state index in [9.17, 15) is 9.59 Å². The van der Waals surface area contributed by atoms with E-state index in [-0.39, 0.29) is 11.9 Å². The topological polar surface area (TPSA) is 61.4 Å². The summed E-state index contributed by atoms with van der Waals surface area (Å²) in [6.45, 7) is 2.76. The third-order valence-corrected chi connectivity index (χ3v) is 4.07. The molecule has 0 unspecified atom stereocenters. The van der Waals surface area contributed by atoms with E-state index in [4.69, 9.17) is 0 Å². The SMILES string of the molecule is CC(=O)N(C)Cc1cccc(NC(=O)NC[C@@H]2CC=CCC2)c1. The second-order valence-electron chi connectivity index (χ2n) is 6.06. The average molecular weight is 315 g/mol. The Balaban J connectivity index is 1.83. The van der Waals surface area contributed by atoms with Gasteiger partial charge < -0.3 is 15.5 Å². The molecule has 5 heteroatoms. The number of nitrogens with one attached hydrogen (secondary N) is 2. The van der Waals surface area contributed by atoms with Crippen LogP contribution in [0.5, 0.6) is 0 Å². The first kappa shape index (κ1) is 17.1. The lowest BCUT2D eigenvalue weighted by atomic mass is 9.94.